The van der Waals surface area contributed by atoms with Crippen molar-refractivity contribution in [3.63, 3.8) is 0 Å². The van der Waals surface area contributed by atoms with Crippen molar-refractivity contribution in [3.8, 4) is 0 Å². The first-order valence-electron chi connectivity index (χ1n) is 14.2. The highest BCUT2D eigenvalue weighted by Gasteiger charge is 2.43. The number of hydrogen-bond donors (Lipinski definition) is 2. The maximum atomic E-state index is 13.8. The van der Waals surface area contributed by atoms with E-state index in [1.807, 2.05) is 36.1 Å². The average Bonchev–Trinajstić information content (AvgIpc) is 3.86. The number of amides is 2. The Labute approximate surface area is 235 Å². The zero-order valence-electron chi connectivity index (χ0n) is 23.1. The predicted octanol–water partition coefficient (Wildman–Crippen LogP) is 4.13. The van der Waals surface area contributed by atoms with Gasteiger partial charge in [-0.1, -0.05) is 11.3 Å². The van der Waals surface area contributed by atoms with Gasteiger partial charge in [-0.3, -0.25) is 9.59 Å². The first kappa shape index (κ1) is 25.5. The van der Waals surface area contributed by atoms with Gasteiger partial charge in [-0.2, -0.15) is 0 Å². The second kappa shape index (κ2) is 9.84. The van der Waals surface area contributed by atoms with Crippen LogP contribution in [0.15, 0.2) is 12.4 Å². The van der Waals surface area contributed by atoms with Gasteiger partial charge in [-0.15, -0.1) is 0 Å². The Hall–Kier alpha value is -3.51. The van der Waals surface area contributed by atoms with Crippen molar-refractivity contribution in [1.29, 1.82) is 0 Å². The van der Waals surface area contributed by atoms with Gasteiger partial charge in [0.1, 0.15) is 21.7 Å². The Balaban J connectivity index is 1.24. The van der Waals surface area contributed by atoms with Crippen LogP contribution < -0.4 is 10.6 Å². The Kier molecular flexibility index (Phi) is 6.26. The van der Waals surface area contributed by atoms with Crippen LogP contribution in [0.25, 0.3) is 22.1 Å². The van der Waals surface area contributed by atoms with E-state index in [0.717, 1.165) is 55.1 Å². The van der Waals surface area contributed by atoms with Gasteiger partial charge < -0.3 is 29.4 Å². The third-order valence-corrected chi connectivity index (χ3v) is 9.21. The SMILES string of the molecule is CCn1c(C(=O)N(C2CC2)C2CC2)cc2c3c(ncn3C)c(Nc3nc(C)c(C(=O)NC4CCOCC4)s3)nc21. The Morgan fingerprint density at radius 1 is 1.12 bits per heavy atom. The van der Waals surface area contributed by atoms with Crippen molar-refractivity contribution in [3.05, 3.63) is 28.7 Å². The van der Waals surface area contributed by atoms with Gasteiger partial charge in [0.2, 0.25) is 0 Å². The minimum absolute atomic E-state index is 0.102. The summed E-state index contributed by atoms with van der Waals surface area (Å²) in [7, 11) is 1.95. The molecule has 1 saturated heterocycles. The highest BCUT2D eigenvalue weighted by Crippen LogP contribution is 2.40. The van der Waals surface area contributed by atoms with Gasteiger partial charge in [0.05, 0.1) is 17.5 Å². The van der Waals surface area contributed by atoms with Crippen LogP contribution >= 0.6 is 11.3 Å². The molecule has 4 aromatic heterocycles. The third-order valence-electron chi connectivity index (χ3n) is 8.14. The maximum absolute atomic E-state index is 13.8. The van der Waals surface area contributed by atoms with Crippen molar-refractivity contribution in [2.75, 3.05) is 18.5 Å². The predicted molar refractivity (Wildman–Crippen MR) is 153 cm³/mol. The van der Waals surface area contributed by atoms with Crippen molar-refractivity contribution in [2.24, 2.45) is 7.05 Å². The number of pyridine rings is 1. The Bertz CT molecular complexity index is 1610. The van der Waals surface area contributed by atoms with Gasteiger partial charge in [0.15, 0.2) is 10.9 Å². The first-order valence-corrected chi connectivity index (χ1v) is 15.0. The molecule has 4 aromatic rings. The molecule has 0 bridgehead atoms. The maximum Gasteiger partial charge on any atom is 0.271 e. The summed E-state index contributed by atoms with van der Waals surface area (Å²) in [6.07, 6.45) is 7.77. The molecule has 2 N–H and O–H groups in total. The van der Waals surface area contributed by atoms with Crippen molar-refractivity contribution >= 4 is 56.2 Å². The lowest BCUT2D eigenvalue weighted by molar-refractivity contribution is 0.0695. The lowest BCUT2D eigenvalue weighted by Gasteiger charge is -2.22. The van der Waals surface area contributed by atoms with Gasteiger partial charge in [-0.25, -0.2) is 15.0 Å². The summed E-state index contributed by atoms with van der Waals surface area (Å²) in [5.74, 6) is 0.548. The molecule has 2 aliphatic carbocycles. The normalized spacial score (nSPS) is 18.0. The fourth-order valence-electron chi connectivity index (χ4n) is 5.82. The van der Waals surface area contributed by atoms with E-state index in [-0.39, 0.29) is 17.9 Å². The number of hydrogen-bond acceptors (Lipinski definition) is 8. The second-order valence-electron chi connectivity index (χ2n) is 11.1. The van der Waals surface area contributed by atoms with Crippen molar-refractivity contribution in [1.82, 2.24) is 34.3 Å². The number of nitrogens with zero attached hydrogens (tertiary/aromatic N) is 6. The standard InChI is InChI=1S/C28H34N8O3S/c1-4-35-20(27(38)36(17-5-6-17)18-7-8-18)13-19-22-21(29-14-34(22)3)24(32-25(19)35)33-28-30-15(2)23(40-28)26(37)31-16-9-11-39-12-10-16/h13-14,16-18H,4-12H2,1-3H3,(H,31,37)(H,30,32,33). The van der Waals surface area contributed by atoms with Gasteiger partial charge in [0.25, 0.3) is 11.8 Å². The van der Waals surface area contributed by atoms with Gasteiger partial charge >= 0.3 is 0 Å². The lowest BCUT2D eigenvalue weighted by Crippen LogP contribution is -2.38. The van der Waals surface area contributed by atoms with Gasteiger partial charge in [-0.05, 0) is 58.4 Å². The van der Waals surface area contributed by atoms with Crippen LogP contribution in [0, 0.1) is 6.92 Å². The zero-order chi connectivity index (χ0) is 27.5. The molecule has 3 fully saturated rings. The molecule has 0 aromatic carbocycles. The molecule has 0 unspecified atom stereocenters. The number of fused-ring (bicyclic) bond motifs is 3. The Morgan fingerprint density at radius 2 is 1.85 bits per heavy atom. The van der Waals surface area contributed by atoms with E-state index in [0.29, 0.717) is 64.6 Å². The van der Waals surface area contributed by atoms with E-state index < -0.39 is 0 Å². The van der Waals surface area contributed by atoms with E-state index >= 15 is 0 Å². The van der Waals surface area contributed by atoms with Crippen LogP contribution in [-0.4, -0.2) is 72.1 Å². The van der Waals surface area contributed by atoms with Gasteiger partial charge in [0, 0.05) is 50.3 Å². The van der Waals surface area contributed by atoms with E-state index in [1.165, 1.54) is 11.3 Å². The molecule has 40 heavy (non-hydrogen) atoms. The molecule has 11 nitrogen and oxygen atoms in total. The number of aromatic nitrogens is 5. The summed E-state index contributed by atoms with van der Waals surface area (Å²) in [6, 6.07) is 2.85. The lowest BCUT2D eigenvalue weighted by atomic mass is 10.1. The van der Waals surface area contributed by atoms with Crippen LogP contribution in [0.3, 0.4) is 0 Å². The smallest absolute Gasteiger partial charge is 0.271 e. The molecular weight excluding hydrogens is 528 g/mol. The van der Waals surface area contributed by atoms with Crippen LogP contribution in [0.4, 0.5) is 10.9 Å². The number of rotatable bonds is 8. The zero-order valence-corrected chi connectivity index (χ0v) is 23.9. The van der Waals surface area contributed by atoms with Crippen LogP contribution in [0.5, 0.6) is 0 Å². The highest BCUT2D eigenvalue weighted by molar-refractivity contribution is 7.17. The number of anilines is 2. The molecule has 5 heterocycles. The van der Waals surface area contributed by atoms with Crippen molar-refractivity contribution < 1.29 is 14.3 Å². The Morgan fingerprint density at radius 3 is 2.52 bits per heavy atom. The molecule has 3 aliphatic rings. The number of thiazole rings is 1. The first-order chi connectivity index (χ1) is 19.4. The minimum Gasteiger partial charge on any atom is -0.381 e. The molecule has 0 radical (unpaired) electrons. The summed E-state index contributed by atoms with van der Waals surface area (Å²) in [6.45, 7) is 5.85. The second-order valence-corrected chi connectivity index (χ2v) is 12.1. The summed E-state index contributed by atoms with van der Waals surface area (Å²) < 4.78 is 9.40. The monoisotopic (exact) mass is 562 g/mol. The fraction of sp³-hybridized carbons (Fsp3) is 0.536. The van der Waals surface area contributed by atoms with E-state index in [9.17, 15) is 9.59 Å². The van der Waals surface area contributed by atoms with E-state index in [4.69, 9.17) is 9.72 Å². The molecule has 12 heteroatoms. The molecule has 0 spiro atoms. The molecule has 2 saturated carbocycles. The topological polar surface area (TPSA) is 119 Å². The van der Waals surface area contributed by atoms with Crippen LogP contribution in [0.2, 0.25) is 0 Å². The van der Waals surface area contributed by atoms with E-state index in [1.54, 1.807) is 6.33 Å². The number of carbonyl (C=O) groups excluding carboxylic acids is 2. The molecule has 210 valence electrons. The summed E-state index contributed by atoms with van der Waals surface area (Å²) in [5.41, 5.74) is 3.69. The number of imidazole rings is 1. The number of ether oxygens (including phenoxy) is 1. The molecule has 2 amide bonds. The number of nitrogens with one attached hydrogen (secondary N) is 2. The molecule has 1 aliphatic heterocycles. The number of aryl methyl sites for hydroxylation is 3. The van der Waals surface area contributed by atoms with Crippen LogP contribution in [-0.2, 0) is 18.3 Å². The summed E-state index contributed by atoms with van der Waals surface area (Å²) in [5, 5.41) is 7.96. The summed E-state index contributed by atoms with van der Waals surface area (Å²) >= 11 is 1.31. The van der Waals surface area contributed by atoms with Crippen molar-refractivity contribution in [2.45, 2.75) is 77.0 Å². The van der Waals surface area contributed by atoms with Crippen LogP contribution in [0.1, 0.15) is 71.3 Å². The summed E-state index contributed by atoms with van der Waals surface area (Å²) in [4.78, 5) is 43.8. The largest absolute Gasteiger partial charge is 0.381 e. The third kappa shape index (κ3) is 4.43. The minimum atomic E-state index is -0.111. The molecular formula is C28H34N8O3S. The average molecular weight is 563 g/mol. The quantitative estimate of drug-likeness (QED) is 0.331. The van der Waals surface area contributed by atoms with E-state index in [2.05, 4.69) is 25.5 Å². The fourth-order valence-corrected chi connectivity index (χ4v) is 6.69. The highest BCUT2D eigenvalue weighted by atomic mass is 32.1. The molecule has 0 atom stereocenters. The molecule has 7 rings (SSSR count). The number of carbonyl (C=O) groups is 2.